The van der Waals surface area contributed by atoms with Gasteiger partial charge in [-0.1, -0.05) is 51.4 Å². The van der Waals surface area contributed by atoms with Crippen molar-refractivity contribution in [3.8, 4) is 17.1 Å². The number of hydrogen-bond acceptors (Lipinski definition) is 6. The standard InChI is InChI=1S/C17H15BrClN5O2S/c1-26-14-7-6-12(8-13(14)19)21-15(25)9-27-17-23-22-16(24(17)20)10-2-4-11(18)5-3-10/h2-8H,9,20H2,1H3,(H,21,25). The van der Waals surface area contributed by atoms with E-state index in [0.29, 0.717) is 27.4 Å². The Bertz CT molecular complexity index is 964. The number of benzene rings is 2. The largest absolute Gasteiger partial charge is 0.495 e. The Hall–Kier alpha value is -2.23. The lowest BCUT2D eigenvalue weighted by molar-refractivity contribution is -0.113. The van der Waals surface area contributed by atoms with E-state index in [-0.39, 0.29) is 11.7 Å². The van der Waals surface area contributed by atoms with Crippen molar-refractivity contribution in [2.75, 3.05) is 24.0 Å². The lowest BCUT2D eigenvalue weighted by atomic mass is 10.2. The van der Waals surface area contributed by atoms with Gasteiger partial charge in [-0.05, 0) is 30.3 Å². The Morgan fingerprint density at radius 1 is 1.30 bits per heavy atom. The number of rotatable bonds is 6. The van der Waals surface area contributed by atoms with Crippen molar-refractivity contribution in [1.82, 2.24) is 14.9 Å². The van der Waals surface area contributed by atoms with Crippen LogP contribution in [0.3, 0.4) is 0 Å². The summed E-state index contributed by atoms with van der Waals surface area (Å²) >= 11 is 10.6. The summed E-state index contributed by atoms with van der Waals surface area (Å²) in [6.07, 6.45) is 0. The molecule has 10 heteroatoms. The number of carbonyl (C=O) groups is 1. The summed E-state index contributed by atoms with van der Waals surface area (Å²) in [5, 5.41) is 11.8. The van der Waals surface area contributed by atoms with Crippen LogP contribution in [0, 0.1) is 0 Å². The average Bonchev–Trinajstić information content (AvgIpc) is 3.01. The van der Waals surface area contributed by atoms with Gasteiger partial charge in [-0.25, -0.2) is 4.68 Å². The molecule has 140 valence electrons. The fourth-order valence-electron chi connectivity index (χ4n) is 2.24. The number of methoxy groups -OCH3 is 1. The quantitative estimate of drug-likeness (QED) is 0.422. The van der Waals surface area contributed by atoms with Crippen LogP contribution in [-0.2, 0) is 4.79 Å². The first kappa shape index (κ1) is 19.5. The SMILES string of the molecule is COc1ccc(NC(=O)CSc2nnc(-c3ccc(Br)cc3)n2N)cc1Cl. The van der Waals surface area contributed by atoms with Gasteiger partial charge in [0.25, 0.3) is 0 Å². The van der Waals surface area contributed by atoms with Crippen LogP contribution in [0.2, 0.25) is 5.02 Å². The molecule has 1 heterocycles. The van der Waals surface area contributed by atoms with Gasteiger partial charge in [0.15, 0.2) is 5.82 Å². The molecular formula is C17H15BrClN5O2S. The number of carbonyl (C=O) groups excluding carboxylic acids is 1. The van der Waals surface area contributed by atoms with E-state index in [9.17, 15) is 4.79 Å². The van der Waals surface area contributed by atoms with E-state index in [2.05, 4.69) is 31.4 Å². The number of nitrogens with two attached hydrogens (primary N) is 1. The monoisotopic (exact) mass is 467 g/mol. The normalized spacial score (nSPS) is 10.6. The predicted octanol–water partition coefficient (Wildman–Crippen LogP) is 3.81. The predicted molar refractivity (Wildman–Crippen MR) is 111 cm³/mol. The van der Waals surface area contributed by atoms with Crippen LogP contribution in [0.1, 0.15) is 0 Å². The van der Waals surface area contributed by atoms with E-state index in [0.717, 1.165) is 10.0 Å². The van der Waals surface area contributed by atoms with E-state index in [1.165, 1.54) is 23.5 Å². The Morgan fingerprint density at radius 2 is 2.04 bits per heavy atom. The second-order valence-electron chi connectivity index (χ2n) is 5.37. The summed E-state index contributed by atoms with van der Waals surface area (Å²) < 4.78 is 7.41. The molecule has 1 amide bonds. The minimum atomic E-state index is -0.213. The molecule has 3 N–H and O–H groups in total. The van der Waals surface area contributed by atoms with Gasteiger partial charge >= 0.3 is 0 Å². The fourth-order valence-corrected chi connectivity index (χ4v) is 3.42. The zero-order valence-corrected chi connectivity index (χ0v) is 17.3. The Labute approximate surface area is 173 Å². The van der Waals surface area contributed by atoms with Gasteiger partial charge in [-0.3, -0.25) is 4.79 Å². The number of nitrogens with zero attached hydrogens (tertiary/aromatic N) is 3. The second-order valence-corrected chi connectivity index (χ2v) is 7.63. The number of thioether (sulfide) groups is 1. The maximum Gasteiger partial charge on any atom is 0.234 e. The summed E-state index contributed by atoms with van der Waals surface area (Å²) in [6, 6.07) is 12.6. The summed E-state index contributed by atoms with van der Waals surface area (Å²) in [6.45, 7) is 0. The highest BCUT2D eigenvalue weighted by atomic mass is 79.9. The molecule has 0 aliphatic carbocycles. The van der Waals surface area contributed by atoms with Crippen LogP contribution >= 0.6 is 39.3 Å². The molecule has 7 nitrogen and oxygen atoms in total. The van der Waals surface area contributed by atoms with E-state index in [4.69, 9.17) is 22.2 Å². The number of hydrogen-bond donors (Lipinski definition) is 2. The zero-order valence-electron chi connectivity index (χ0n) is 14.1. The van der Waals surface area contributed by atoms with Crippen molar-refractivity contribution in [1.29, 1.82) is 0 Å². The molecule has 0 radical (unpaired) electrons. The molecule has 1 aromatic heterocycles. The molecule has 0 unspecified atom stereocenters. The van der Waals surface area contributed by atoms with Crippen molar-refractivity contribution < 1.29 is 9.53 Å². The highest BCUT2D eigenvalue weighted by Gasteiger charge is 2.14. The van der Waals surface area contributed by atoms with Crippen molar-refractivity contribution in [3.05, 3.63) is 52.0 Å². The molecule has 0 saturated carbocycles. The minimum Gasteiger partial charge on any atom is -0.495 e. The summed E-state index contributed by atoms with van der Waals surface area (Å²) in [5.74, 6) is 7.03. The maximum atomic E-state index is 12.2. The number of nitrogen functional groups attached to an aromatic ring is 1. The van der Waals surface area contributed by atoms with Crippen molar-refractivity contribution in [2.24, 2.45) is 0 Å². The third-order valence-electron chi connectivity index (χ3n) is 3.53. The second kappa shape index (κ2) is 8.64. The van der Waals surface area contributed by atoms with E-state index in [1.54, 1.807) is 18.2 Å². The van der Waals surface area contributed by atoms with Gasteiger partial charge in [-0.2, -0.15) is 0 Å². The highest BCUT2D eigenvalue weighted by Crippen LogP contribution is 2.27. The molecule has 0 bridgehead atoms. The van der Waals surface area contributed by atoms with E-state index >= 15 is 0 Å². The summed E-state index contributed by atoms with van der Waals surface area (Å²) in [5.41, 5.74) is 1.41. The lowest BCUT2D eigenvalue weighted by Crippen LogP contribution is -2.16. The van der Waals surface area contributed by atoms with Crippen LogP contribution in [0.4, 0.5) is 5.69 Å². The minimum absolute atomic E-state index is 0.124. The van der Waals surface area contributed by atoms with Crippen LogP contribution in [-0.4, -0.2) is 33.6 Å². The number of aromatic nitrogens is 3. The third kappa shape index (κ3) is 4.74. The van der Waals surface area contributed by atoms with Crippen LogP contribution in [0.5, 0.6) is 5.75 Å². The number of ether oxygens (including phenoxy) is 1. The van der Waals surface area contributed by atoms with Gasteiger partial charge in [-0.15, -0.1) is 10.2 Å². The molecule has 0 fully saturated rings. The van der Waals surface area contributed by atoms with Crippen LogP contribution < -0.4 is 15.9 Å². The Morgan fingerprint density at radius 3 is 2.70 bits per heavy atom. The molecular weight excluding hydrogens is 454 g/mol. The third-order valence-corrected chi connectivity index (χ3v) is 5.30. The van der Waals surface area contributed by atoms with Crippen molar-refractivity contribution in [2.45, 2.75) is 5.16 Å². The van der Waals surface area contributed by atoms with Gasteiger partial charge in [0.05, 0.1) is 17.9 Å². The molecule has 0 spiro atoms. The molecule has 0 atom stereocenters. The van der Waals surface area contributed by atoms with Gasteiger partial charge in [0, 0.05) is 15.7 Å². The molecule has 0 aliphatic heterocycles. The van der Waals surface area contributed by atoms with Gasteiger partial charge < -0.3 is 15.9 Å². The molecule has 3 rings (SSSR count). The van der Waals surface area contributed by atoms with Crippen LogP contribution in [0.15, 0.2) is 52.1 Å². The summed E-state index contributed by atoms with van der Waals surface area (Å²) in [7, 11) is 1.53. The van der Waals surface area contributed by atoms with E-state index in [1.807, 2.05) is 24.3 Å². The van der Waals surface area contributed by atoms with Crippen LogP contribution in [0.25, 0.3) is 11.4 Å². The topological polar surface area (TPSA) is 95.1 Å². The molecule has 0 aliphatic rings. The van der Waals surface area contributed by atoms with Crippen molar-refractivity contribution >= 4 is 50.9 Å². The van der Waals surface area contributed by atoms with Gasteiger partial charge in [0.2, 0.25) is 11.1 Å². The average molecular weight is 469 g/mol. The molecule has 3 aromatic rings. The van der Waals surface area contributed by atoms with E-state index < -0.39 is 0 Å². The first-order valence-electron chi connectivity index (χ1n) is 7.70. The molecule has 27 heavy (non-hydrogen) atoms. The first-order valence-corrected chi connectivity index (χ1v) is 9.86. The fraction of sp³-hybridized carbons (Fsp3) is 0.118. The van der Waals surface area contributed by atoms with Gasteiger partial charge in [0.1, 0.15) is 5.75 Å². The number of halogens is 2. The molecule has 0 saturated heterocycles. The number of nitrogens with one attached hydrogen (secondary N) is 1. The smallest absolute Gasteiger partial charge is 0.234 e. The Balaban J connectivity index is 1.62. The zero-order chi connectivity index (χ0) is 19.4. The summed E-state index contributed by atoms with van der Waals surface area (Å²) in [4.78, 5) is 12.2. The maximum absolute atomic E-state index is 12.2. The first-order chi connectivity index (χ1) is 13.0. The highest BCUT2D eigenvalue weighted by molar-refractivity contribution is 9.10. The molecule has 2 aromatic carbocycles. The van der Waals surface area contributed by atoms with Crippen molar-refractivity contribution in [3.63, 3.8) is 0 Å². The number of anilines is 1. The number of amides is 1. The Kier molecular flexibility index (Phi) is 6.25. The lowest BCUT2D eigenvalue weighted by Gasteiger charge is -2.08.